The van der Waals surface area contributed by atoms with Gasteiger partial charge in [0.15, 0.2) is 5.65 Å². The highest BCUT2D eigenvalue weighted by molar-refractivity contribution is 6.16. The number of aromatic hydroxyl groups is 1. The number of nitrogen functional groups attached to an aromatic ring is 1. The van der Waals surface area contributed by atoms with E-state index in [0.717, 1.165) is 11.1 Å². The van der Waals surface area contributed by atoms with Gasteiger partial charge in [0.25, 0.3) is 5.91 Å². The summed E-state index contributed by atoms with van der Waals surface area (Å²) in [6.07, 6.45) is 1.54. The second kappa shape index (κ2) is 8.32. The van der Waals surface area contributed by atoms with Crippen LogP contribution in [0.2, 0.25) is 0 Å². The number of para-hydroxylation sites is 2. The molecule has 0 saturated carbocycles. The highest BCUT2D eigenvalue weighted by Gasteiger charge is 2.24. The minimum Gasteiger partial charge on any atom is -0.508 e. The van der Waals surface area contributed by atoms with Gasteiger partial charge < -0.3 is 16.2 Å². The number of benzene rings is 3. The van der Waals surface area contributed by atoms with Crippen LogP contribution in [0.4, 0.5) is 11.5 Å². The van der Waals surface area contributed by atoms with Gasteiger partial charge in [-0.25, -0.2) is 9.97 Å². The normalized spacial score (nSPS) is 11.5. The molecule has 168 valence electrons. The standard InChI is InChI=1S/C26H22N6O2/c1-15-10-11-18(12-16(15)2)29-26(34)22-23-25(31-21-9-4-3-8-20(21)30-23)32(24(22)27)28-14-17-6-5-7-19(33)13-17/h3-14,33H,27H2,1-2H3,(H,29,34)/b28-14+. The number of hydrogen-bond acceptors (Lipinski definition) is 6. The summed E-state index contributed by atoms with van der Waals surface area (Å²) >= 11 is 0. The maximum Gasteiger partial charge on any atom is 0.261 e. The summed E-state index contributed by atoms with van der Waals surface area (Å²) in [5.41, 5.74) is 12.2. The number of aromatic nitrogens is 3. The quantitative estimate of drug-likeness (QED) is 0.345. The first-order chi connectivity index (χ1) is 16.4. The molecule has 2 heterocycles. The second-order valence-electron chi connectivity index (χ2n) is 8.05. The largest absolute Gasteiger partial charge is 0.508 e. The van der Waals surface area contributed by atoms with Crippen molar-refractivity contribution in [3.63, 3.8) is 0 Å². The van der Waals surface area contributed by atoms with Crippen LogP contribution < -0.4 is 11.1 Å². The summed E-state index contributed by atoms with van der Waals surface area (Å²) in [6, 6.07) is 19.7. The van der Waals surface area contributed by atoms with Crippen LogP contribution in [-0.4, -0.2) is 31.9 Å². The van der Waals surface area contributed by atoms with Gasteiger partial charge in [-0.1, -0.05) is 30.3 Å². The van der Waals surface area contributed by atoms with E-state index >= 15 is 0 Å². The minimum atomic E-state index is -0.401. The first-order valence-electron chi connectivity index (χ1n) is 10.7. The van der Waals surface area contributed by atoms with Crippen molar-refractivity contribution in [1.29, 1.82) is 0 Å². The van der Waals surface area contributed by atoms with Crippen molar-refractivity contribution in [2.45, 2.75) is 13.8 Å². The molecule has 0 unspecified atom stereocenters. The topological polar surface area (TPSA) is 118 Å². The number of aryl methyl sites for hydroxylation is 2. The summed E-state index contributed by atoms with van der Waals surface area (Å²) in [4.78, 5) is 22.7. The van der Waals surface area contributed by atoms with Gasteiger partial charge in [0.05, 0.1) is 17.2 Å². The molecule has 0 bridgehead atoms. The molecular formula is C26H22N6O2. The van der Waals surface area contributed by atoms with Crippen LogP contribution in [0.3, 0.4) is 0 Å². The van der Waals surface area contributed by atoms with Crippen LogP contribution in [0.1, 0.15) is 27.0 Å². The Morgan fingerprint density at radius 2 is 1.76 bits per heavy atom. The van der Waals surface area contributed by atoms with Crippen molar-refractivity contribution in [1.82, 2.24) is 14.6 Å². The molecule has 4 N–H and O–H groups in total. The summed E-state index contributed by atoms with van der Waals surface area (Å²) in [5.74, 6) is -0.168. The zero-order chi connectivity index (χ0) is 23.8. The first kappa shape index (κ1) is 21.1. The summed E-state index contributed by atoms with van der Waals surface area (Å²) in [5, 5.41) is 17.1. The van der Waals surface area contributed by atoms with Crippen LogP contribution in [0.25, 0.3) is 22.2 Å². The number of phenols is 1. The van der Waals surface area contributed by atoms with Crippen molar-refractivity contribution in [3.05, 3.63) is 89.0 Å². The van der Waals surface area contributed by atoms with Crippen molar-refractivity contribution in [2.75, 3.05) is 11.1 Å². The lowest BCUT2D eigenvalue weighted by Crippen LogP contribution is -2.14. The lowest BCUT2D eigenvalue weighted by atomic mass is 10.1. The van der Waals surface area contributed by atoms with E-state index in [1.165, 1.54) is 10.9 Å². The first-order valence-corrected chi connectivity index (χ1v) is 10.7. The van der Waals surface area contributed by atoms with E-state index in [9.17, 15) is 9.90 Å². The maximum absolute atomic E-state index is 13.4. The van der Waals surface area contributed by atoms with Crippen LogP contribution in [-0.2, 0) is 0 Å². The number of hydrogen-bond donors (Lipinski definition) is 3. The Labute approximate surface area is 195 Å². The minimum absolute atomic E-state index is 0.114. The highest BCUT2D eigenvalue weighted by Crippen LogP contribution is 2.29. The Balaban J connectivity index is 1.65. The van der Waals surface area contributed by atoms with Crippen molar-refractivity contribution < 1.29 is 9.90 Å². The Bertz CT molecular complexity index is 1600. The zero-order valence-corrected chi connectivity index (χ0v) is 18.6. The van der Waals surface area contributed by atoms with E-state index in [1.807, 2.05) is 56.3 Å². The predicted molar refractivity (Wildman–Crippen MR) is 134 cm³/mol. The van der Waals surface area contributed by atoms with E-state index in [1.54, 1.807) is 24.3 Å². The van der Waals surface area contributed by atoms with Crippen LogP contribution in [0, 0.1) is 13.8 Å². The van der Waals surface area contributed by atoms with Gasteiger partial charge in [0.1, 0.15) is 22.6 Å². The Kier molecular flexibility index (Phi) is 5.18. The fourth-order valence-corrected chi connectivity index (χ4v) is 3.73. The van der Waals surface area contributed by atoms with E-state index < -0.39 is 5.91 Å². The van der Waals surface area contributed by atoms with Crippen LogP contribution in [0.5, 0.6) is 5.75 Å². The van der Waals surface area contributed by atoms with E-state index in [4.69, 9.17) is 5.73 Å². The number of nitrogens with one attached hydrogen (secondary N) is 1. The third-order valence-corrected chi connectivity index (χ3v) is 5.66. The molecule has 1 amide bonds. The van der Waals surface area contributed by atoms with Crippen LogP contribution >= 0.6 is 0 Å². The molecule has 0 fully saturated rings. The number of carbonyl (C=O) groups is 1. The van der Waals surface area contributed by atoms with E-state index in [-0.39, 0.29) is 17.1 Å². The number of rotatable bonds is 4. The number of phenolic OH excluding ortho intramolecular Hbond substituents is 1. The molecule has 5 aromatic rings. The van der Waals surface area contributed by atoms with Gasteiger partial charge in [-0.2, -0.15) is 9.78 Å². The summed E-state index contributed by atoms with van der Waals surface area (Å²) in [6.45, 7) is 4.00. The Hall–Kier alpha value is -4.72. The zero-order valence-electron chi connectivity index (χ0n) is 18.6. The molecule has 0 aliphatic rings. The average Bonchev–Trinajstić information content (AvgIpc) is 3.08. The number of amides is 1. The van der Waals surface area contributed by atoms with Gasteiger partial charge in [-0.05, 0) is 66.9 Å². The fraction of sp³-hybridized carbons (Fsp3) is 0.0769. The van der Waals surface area contributed by atoms with Gasteiger partial charge in [-0.3, -0.25) is 4.79 Å². The Morgan fingerprint density at radius 1 is 1.00 bits per heavy atom. The molecule has 0 atom stereocenters. The molecule has 0 spiro atoms. The molecule has 3 aromatic carbocycles. The van der Waals surface area contributed by atoms with Gasteiger partial charge >= 0.3 is 0 Å². The molecule has 0 aliphatic carbocycles. The molecule has 0 radical (unpaired) electrons. The monoisotopic (exact) mass is 450 g/mol. The lowest BCUT2D eigenvalue weighted by Gasteiger charge is -2.08. The van der Waals surface area contributed by atoms with Crippen molar-refractivity contribution >= 4 is 45.8 Å². The van der Waals surface area contributed by atoms with Crippen molar-refractivity contribution in [2.24, 2.45) is 5.10 Å². The molecule has 8 heteroatoms. The second-order valence-corrected chi connectivity index (χ2v) is 8.05. The van der Waals surface area contributed by atoms with Gasteiger partial charge in [-0.15, -0.1) is 0 Å². The molecule has 8 nitrogen and oxygen atoms in total. The fourth-order valence-electron chi connectivity index (χ4n) is 3.73. The molecule has 0 saturated heterocycles. The predicted octanol–water partition coefficient (Wildman–Crippen LogP) is 4.62. The van der Waals surface area contributed by atoms with Crippen LogP contribution in [0.15, 0.2) is 71.8 Å². The number of anilines is 2. The van der Waals surface area contributed by atoms with Crippen molar-refractivity contribution in [3.8, 4) is 5.75 Å². The lowest BCUT2D eigenvalue weighted by molar-refractivity contribution is 0.102. The Morgan fingerprint density at radius 3 is 2.50 bits per heavy atom. The third kappa shape index (κ3) is 3.81. The third-order valence-electron chi connectivity index (χ3n) is 5.66. The van der Waals surface area contributed by atoms with E-state index in [0.29, 0.717) is 33.4 Å². The molecule has 5 rings (SSSR count). The number of carbonyl (C=O) groups excluding carboxylic acids is 1. The number of fused-ring (bicyclic) bond motifs is 2. The SMILES string of the molecule is Cc1ccc(NC(=O)c2c(N)n(/N=C/c3cccc(O)c3)c3nc4ccccc4nc23)cc1C. The molecule has 2 aromatic heterocycles. The van der Waals surface area contributed by atoms with Gasteiger partial charge in [0, 0.05) is 5.69 Å². The molecular weight excluding hydrogens is 428 g/mol. The summed E-state index contributed by atoms with van der Waals surface area (Å²) < 4.78 is 1.40. The maximum atomic E-state index is 13.4. The summed E-state index contributed by atoms with van der Waals surface area (Å²) in [7, 11) is 0. The molecule has 0 aliphatic heterocycles. The van der Waals surface area contributed by atoms with E-state index in [2.05, 4.69) is 20.4 Å². The van der Waals surface area contributed by atoms with Gasteiger partial charge in [0.2, 0.25) is 0 Å². The number of nitrogens with two attached hydrogens (primary N) is 1. The average molecular weight is 451 g/mol. The smallest absolute Gasteiger partial charge is 0.261 e. The highest BCUT2D eigenvalue weighted by atomic mass is 16.3. The number of nitrogens with zero attached hydrogens (tertiary/aromatic N) is 4. The molecule has 34 heavy (non-hydrogen) atoms.